The van der Waals surface area contributed by atoms with Crippen molar-refractivity contribution in [1.29, 1.82) is 0 Å². The molecule has 8 heteroatoms. The number of amides is 1. The number of nitrogens with one attached hydrogen (secondary N) is 3. The summed E-state index contributed by atoms with van der Waals surface area (Å²) in [6, 6.07) is -0.380. The van der Waals surface area contributed by atoms with Gasteiger partial charge in [0.15, 0.2) is 11.5 Å². The fraction of sp³-hybridized carbons (Fsp3) is 0.600. The molecule has 23 heavy (non-hydrogen) atoms. The molecule has 1 amide bonds. The van der Waals surface area contributed by atoms with Crippen molar-refractivity contribution >= 4 is 5.91 Å². The van der Waals surface area contributed by atoms with E-state index in [-0.39, 0.29) is 17.4 Å². The summed E-state index contributed by atoms with van der Waals surface area (Å²) >= 11 is 0. The minimum absolute atomic E-state index is 0.196. The highest BCUT2D eigenvalue weighted by molar-refractivity contribution is 5.94. The van der Waals surface area contributed by atoms with Crippen LogP contribution in [0.4, 0.5) is 0 Å². The monoisotopic (exact) mass is 318 g/mol. The third kappa shape index (κ3) is 3.12. The van der Waals surface area contributed by atoms with Crippen LogP contribution < -0.4 is 10.6 Å². The Balaban J connectivity index is 1.72. The highest BCUT2D eigenvalue weighted by atomic mass is 16.5. The van der Waals surface area contributed by atoms with Crippen LogP contribution in [0.1, 0.15) is 67.2 Å². The Morgan fingerprint density at radius 1 is 1.39 bits per heavy atom. The van der Waals surface area contributed by atoms with Crippen LogP contribution in [-0.2, 0) is 18.4 Å². The standard InChI is InChI=1S/C15H22N6O2/c1-8(13-18-14(21-23-13)15(2,3)4)17-12(22)11-9-7-16-6-5-10(9)19-20-11/h8,16H,5-7H2,1-4H3,(H,17,22)(H,19,20). The number of carbonyl (C=O) groups is 1. The van der Waals surface area contributed by atoms with Crippen LogP contribution >= 0.6 is 0 Å². The molecule has 1 aliphatic rings. The molecule has 3 heterocycles. The first-order valence-corrected chi connectivity index (χ1v) is 7.78. The van der Waals surface area contributed by atoms with E-state index in [1.807, 2.05) is 27.7 Å². The van der Waals surface area contributed by atoms with Gasteiger partial charge in [-0.2, -0.15) is 10.1 Å². The molecular formula is C15H22N6O2. The third-order valence-corrected chi connectivity index (χ3v) is 3.85. The zero-order valence-corrected chi connectivity index (χ0v) is 13.9. The van der Waals surface area contributed by atoms with E-state index in [9.17, 15) is 4.79 Å². The van der Waals surface area contributed by atoms with Gasteiger partial charge in [0.05, 0.1) is 0 Å². The molecule has 0 fully saturated rings. The van der Waals surface area contributed by atoms with Crippen LogP contribution in [0.5, 0.6) is 0 Å². The van der Waals surface area contributed by atoms with Crippen molar-refractivity contribution in [1.82, 2.24) is 31.0 Å². The normalized spacial score (nSPS) is 16.0. The summed E-state index contributed by atoms with van der Waals surface area (Å²) < 4.78 is 5.27. The van der Waals surface area contributed by atoms with Gasteiger partial charge >= 0.3 is 0 Å². The Hall–Kier alpha value is -2.22. The van der Waals surface area contributed by atoms with Gasteiger partial charge in [0.1, 0.15) is 6.04 Å². The van der Waals surface area contributed by atoms with Gasteiger partial charge in [-0.3, -0.25) is 9.89 Å². The predicted octanol–water partition coefficient (Wildman–Crippen LogP) is 1.23. The van der Waals surface area contributed by atoms with Gasteiger partial charge in [-0.1, -0.05) is 25.9 Å². The highest BCUT2D eigenvalue weighted by Crippen LogP contribution is 2.21. The molecule has 2 aromatic rings. The van der Waals surface area contributed by atoms with E-state index in [4.69, 9.17) is 4.52 Å². The van der Waals surface area contributed by atoms with Crippen molar-refractivity contribution in [2.75, 3.05) is 6.54 Å². The second kappa shape index (κ2) is 5.77. The Labute approximate surface area is 134 Å². The van der Waals surface area contributed by atoms with Crippen LogP contribution in [0, 0.1) is 0 Å². The number of carbonyl (C=O) groups excluding carboxylic acids is 1. The lowest BCUT2D eigenvalue weighted by molar-refractivity contribution is 0.0926. The molecule has 1 aliphatic heterocycles. The molecule has 0 spiro atoms. The summed E-state index contributed by atoms with van der Waals surface area (Å²) in [6.07, 6.45) is 0.851. The molecule has 0 saturated heterocycles. The number of rotatable bonds is 3. The molecule has 2 aromatic heterocycles. The van der Waals surface area contributed by atoms with Crippen LogP contribution in [0.25, 0.3) is 0 Å². The van der Waals surface area contributed by atoms with E-state index < -0.39 is 0 Å². The number of nitrogens with zero attached hydrogens (tertiary/aromatic N) is 3. The van der Waals surface area contributed by atoms with Crippen molar-refractivity contribution in [2.45, 2.75) is 52.1 Å². The Morgan fingerprint density at radius 3 is 2.87 bits per heavy atom. The number of aromatic nitrogens is 4. The highest BCUT2D eigenvalue weighted by Gasteiger charge is 2.26. The molecular weight excluding hydrogens is 296 g/mol. The molecule has 0 bridgehead atoms. The summed E-state index contributed by atoms with van der Waals surface area (Å²) in [5, 5.41) is 17.2. The second-order valence-electron chi connectivity index (χ2n) is 6.86. The lowest BCUT2D eigenvalue weighted by Crippen LogP contribution is -2.30. The first-order chi connectivity index (χ1) is 10.9. The summed E-state index contributed by atoms with van der Waals surface area (Å²) in [4.78, 5) is 16.8. The maximum Gasteiger partial charge on any atom is 0.272 e. The number of hydrogen-bond acceptors (Lipinski definition) is 6. The van der Waals surface area contributed by atoms with Gasteiger partial charge in [0.25, 0.3) is 5.91 Å². The van der Waals surface area contributed by atoms with Crippen molar-refractivity contribution in [3.05, 3.63) is 28.7 Å². The van der Waals surface area contributed by atoms with E-state index in [1.54, 1.807) is 0 Å². The molecule has 1 unspecified atom stereocenters. The van der Waals surface area contributed by atoms with Gasteiger partial charge in [0, 0.05) is 36.2 Å². The quantitative estimate of drug-likeness (QED) is 0.785. The Kier molecular flexibility index (Phi) is 3.93. The average molecular weight is 318 g/mol. The summed E-state index contributed by atoms with van der Waals surface area (Å²) in [5.41, 5.74) is 2.18. The number of fused-ring (bicyclic) bond motifs is 1. The van der Waals surface area contributed by atoms with Crippen molar-refractivity contribution in [3.8, 4) is 0 Å². The van der Waals surface area contributed by atoms with Crippen molar-refractivity contribution in [2.24, 2.45) is 0 Å². The smallest absolute Gasteiger partial charge is 0.272 e. The summed E-state index contributed by atoms with van der Waals surface area (Å²) in [5.74, 6) is 0.773. The molecule has 0 saturated carbocycles. The van der Waals surface area contributed by atoms with E-state index >= 15 is 0 Å². The van der Waals surface area contributed by atoms with Crippen LogP contribution in [-0.4, -0.2) is 32.8 Å². The second-order valence-corrected chi connectivity index (χ2v) is 6.86. The molecule has 0 radical (unpaired) electrons. The van der Waals surface area contributed by atoms with Crippen molar-refractivity contribution < 1.29 is 9.32 Å². The van der Waals surface area contributed by atoms with Crippen LogP contribution in [0.15, 0.2) is 4.52 Å². The molecule has 1 atom stereocenters. The van der Waals surface area contributed by atoms with Gasteiger partial charge in [-0.05, 0) is 6.92 Å². The SMILES string of the molecule is CC(NC(=O)c1n[nH]c2c1CNCC2)c1nc(C(C)(C)C)no1. The zero-order valence-electron chi connectivity index (χ0n) is 13.9. The van der Waals surface area contributed by atoms with E-state index in [2.05, 4.69) is 31.0 Å². The minimum Gasteiger partial charge on any atom is -0.339 e. The topological polar surface area (TPSA) is 109 Å². The van der Waals surface area contributed by atoms with E-state index in [1.165, 1.54) is 0 Å². The van der Waals surface area contributed by atoms with Crippen LogP contribution in [0.3, 0.4) is 0 Å². The maximum absolute atomic E-state index is 12.5. The summed E-state index contributed by atoms with van der Waals surface area (Å²) in [6.45, 7) is 9.38. The fourth-order valence-electron chi connectivity index (χ4n) is 2.46. The minimum atomic E-state index is -0.380. The van der Waals surface area contributed by atoms with Gasteiger partial charge in [-0.15, -0.1) is 0 Å². The molecule has 0 aromatic carbocycles. The first kappa shape index (κ1) is 15.7. The largest absolute Gasteiger partial charge is 0.339 e. The number of hydrogen-bond donors (Lipinski definition) is 3. The molecule has 0 aliphatic carbocycles. The fourth-order valence-corrected chi connectivity index (χ4v) is 2.46. The summed E-state index contributed by atoms with van der Waals surface area (Å²) in [7, 11) is 0. The first-order valence-electron chi connectivity index (χ1n) is 7.78. The van der Waals surface area contributed by atoms with E-state index in [0.717, 1.165) is 24.2 Å². The molecule has 3 rings (SSSR count). The lowest BCUT2D eigenvalue weighted by Gasteiger charge is -2.14. The van der Waals surface area contributed by atoms with Crippen LogP contribution in [0.2, 0.25) is 0 Å². The van der Waals surface area contributed by atoms with Crippen molar-refractivity contribution in [3.63, 3.8) is 0 Å². The molecule has 124 valence electrons. The number of aromatic amines is 1. The Morgan fingerprint density at radius 2 is 2.17 bits per heavy atom. The zero-order chi connectivity index (χ0) is 16.6. The maximum atomic E-state index is 12.5. The predicted molar refractivity (Wildman–Crippen MR) is 82.9 cm³/mol. The average Bonchev–Trinajstić information content (AvgIpc) is 3.14. The Bertz CT molecular complexity index is 712. The number of H-pyrrole nitrogens is 1. The van der Waals surface area contributed by atoms with Gasteiger partial charge < -0.3 is 15.2 Å². The van der Waals surface area contributed by atoms with Gasteiger partial charge in [0.2, 0.25) is 5.89 Å². The lowest BCUT2D eigenvalue weighted by atomic mass is 9.96. The molecule has 3 N–H and O–H groups in total. The van der Waals surface area contributed by atoms with Gasteiger partial charge in [-0.25, -0.2) is 0 Å². The third-order valence-electron chi connectivity index (χ3n) is 3.85. The van der Waals surface area contributed by atoms with E-state index in [0.29, 0.717) is 24.0 Å². The molecule has 8 nitrogen and oxygen atoms in total.